The lowest BCUT2D eigenvalue weighted by Crippen LogP contribution is -2.13. The van der Waals surface area contributed by atoms with E-state index in [1.807, 2.05) is 17.5 Å². The number of aromatic carboxylic acids is 1. The standard InChI is InChI=1S/C20H11Cl2NO3S2/c21-13-6-12(7-14(22)8-13)15-9-28-19(17(15)20(25)26)23-18(24)11-1-2-16-10(5-11)3-4-27-16/h1-9H,(H,23,24)(H,25,26). The van der Waals surface area contributed by atoms with E-state index >= 15 is 0 Å². The van der Waals surface area contributed by atoms with E-state index in [2.05, 4.69) is 5.32 Å². The van der Waals surface area contributed by atoms with Crippen LogP contribution in [0.1, 0.15) is 20.7 Å². The van der Waals surface area contributed by atoms with Crippen molar-refractivity contribution in [3.05, 3.63) is 74.4 Å². The number of nitrogens with one attached hydrogen (secondary N) is 1. The van der Waals surface area contributed by atoms with Crippen LogP contribution >= 0.6 is 45.9 Å². The Kier molecular flexibility index (Phi) is 5.12. The summed E-state index contributed by atoms with van der Waals surface area (Å²) >= 11 is 14.8. The van der Waals surface area contributed by atoms with Crippen LogP contribution in [0.15, 0.2) is 53.2 Å². The fourth-order valence-corrected chi connectivity index (χ4v) is 5.12. The van der Waals surface area contributed by atoms with Crippen molar-refractivity contribution in [2.24, 2.45) is 0 Å². The number of fused-ring (bicyclic) bond motifs is 1. The number of hydrogen-bond acceptors (Lipinski definition) is 4. The topological polar surface area (TPSA) is 66.4 Å². The van der Waals surface area contributed by atoms with Gasteiger partial charge >= 0.3 is 5.97 Å². The van der Waals surface area contributed by atoms with Crippen molar-refractivity contribution in [3.8, 4) is 11.1 Å². The molecule has 2 aromatic carbocycles. The third kappa shape index (κ3) is 3.64. The number of hydrogen-bond donors (Lipinski definition) is 2. The maximum atomic E-state index is 12.7. The smallest absolute Gasteiger partial charge is 0.339 e. The van der Waals surface area contributed by atoms with Crippen molar-refractivity contribution in [2.45, 2.75) is 0 Å². The molecule has 0 saturated heterocycles. The second kappa shape index (κ2) is 7.56. The van der Waals surface area contributed by atoms with Crippen LogP contribution in [0.2, 0.25) is 10.0 Å². The highest BCUT2D eigenvalue weighted by molar-refractivity contribution is 7.17. The van der Waals surface area contributed by atoms with Gasteiger partial charge in [-0.2, -0.15) is 0 Å². The van der Waals surface area contributed by atoms with Crippen LogP contribution in [0.5, 0.6) is 0 Å². The van der Waals surface area contributed by atoms with Gasteiger partial charge in [0.05, 0.1) is 0 Å². The van der Waals surface area contributed by atoms with Crippen LogP contribution < -0.4 is 5.32 Å². The molecule has 0 aliphatic heterocycles. The van der Waals surface area contributed by atoms with Gasteiger partial charge in [0.25, 0.3) is 5.91 Å². The van der Waals surface area contributed by atoms with Crippen molar-refractivity contribution in [1.82, 2.24) is 0 Å². The van der Waals surface area contributed by atoms with Gasteiger partial charge in [0, 0.05) is 31.3 Å². The SMILES string of the molecule is O=C(Nc1scc(-c2cc(Cl)cc(Cl)c2)c1C(=O)O)c1ccc2sccc2c1. The van der Waals surface area contributed by atoms with E-state index < -0.39 is 5.97 Å². The van der Waals surface area contributed by atoms with Crippen molar-refractivity contribution in [3.63, 3.8) is 0 Å². The van der Waals surface area contributed by atoms with Crippen molar-refractivity contribution in [1.29, 1.82) is 0 Å². The maximum Gasteiger partial charge on any atom is 0.339 e. The van der Waals surface area contributed by atoms with Gasteiger partial charge in [0.15, 0.2) is 0 Å². The van der Waals surface area contributed by atoms with Gasteiger partial charge in [0.1, 0.15) is 10.6 Å². The van der Waals surface area contributed by atoms with E-state index in [-0.39, 0.29) is 16.5 Å². The highest BCUT2D eigenvalue weighted by atomic mass is 35.5. The van der Waals surface area contributed by atoms with E-state index in [1.165, 1.54) is 0 Å². The molecule has 0 atom stereocenters. The third-order valence-corrected chi connectivity index (χ3v) is 6.35. The fourth-order valence-electron chi connectivity index (χ4n) is 2.87. The lowest BCUT2D eigenvalue weighted by molar-refractivity contribution is 0.0699. The van der Waals surface area contributed by atoms with Gasteiger partial charge in [0.2, 0.25) is 0 Å². The third-order valence-electron chi connectivity index (χ3n) is 4.12. The van der Waals surface area contributed by atoms with Crippen LogP contribution in [0, 0.1) is 0 Å². The lowest BCUT2D eigenvalue weighted by atomic mass is 10.0. The first-order valence-electron chi connectivity index (χ1n) is 8.02. The number of carbonyl (C=O) groups is 2. The highest BCUT2D eigenvalue weighted by Crippen LogP contribution is 2.38. The zero-order valence-corrected chi connectivity index (χ0v) is 17.2. The first-order chi connectivity index (χ1) is 13.4. The Labute approximate surface area is 178 Å². The monoisotopic (exact) mass is 447 g/mol. The number of anilines is 1. The number of halogens is 2. The van der Waals surface area contributed by atoms with Crippen LogP contribution in [-0.4, -0.2) is 17.0 Å². The maximum absolute atomic E-state index is 12.7. The van der Waals surface area contributed by atoms with E-state index in [1.54, 1.807) is 47.0 Å². The number of carboxylic acids is 1. The summed E-state index contributed by atoms with van der Waals surface area (Å²) in [6, 6.07) is 12.2. The Morgan fingerprint density at radius 3 is 2.43 bits per heavy atom. The predicted molar refractivity (Wildman–Crippen MR) is 117 cm³/mol. The molecular formula is C20H11Cl2NO3S2. The first kappa shape index (κ1) is 19.0. The summed E-state index contributed by atoms with van der Waals surface area (Å²) in [6.45, 7) is 0. The predicted octanol–water partition coefficient (Wildman–Crippen LogP) is 6.89. The number of rotatable bonds is 4. The molecule has 0 bridgehead atoms. The van der Waals surface area contributed by atoms with Gasteiger partial charge in [-0.1, -0.05) is 23.2 Å². The van der Waals surface area contributed by atoms with Crippen molar-refractivity contribution >= 4 is 72.8 Å². The zero-order valence-electron chi connectivity index (χ0n) is 14.0. The average Bonchev–Trinajstić information content (AvgIpc) is 3.26. The minimum Gasteiger partial charge on any atom is -0.478 e. The van der Waals surface area contributed by atoms with Gasteiger partial charge in [-0.3, -0.25) is 4.79 Å². The van der Waals surface area contributed by atoms with Gasteiger partial charge in [-0.05, 0) is 58.8 Å². The molecule has 8 heteroatoms. The number of thiophene rings is 2. The molecule has 0 radical (unpaired) electrons. The normalized spacial score (nSPS) is 10.9. The molecule has 2 N–H and O–H groups in total. The Morgan fingerprint density at radius 2 is 1.71 bits per heavy atom. The van der Waals surface area contributed by atoms with Crippen LogP contribution in [0.25, 0.3) is 21.2 Å². The molecule has 0 aliphatic rings. The molecule has 2 heterocycles. The minimum atomic E-state index is -1.14. The molecule has 28 heavy (non-hydrogen) atoms. The molecule has 0 unspecified atom stereocenters. The second-order valence-corrected chi connectivity index (χ2v) is 8.64. The summed E-state index contributed by atoms with van der Waals surface area (Å²) in [5, 5.41) is 18.1. The van der Waals surface area contributed by atoms with E-state index in [0.717, 1.165) is 21.4 Å². The molecule has 0 aliphatic carbocycles. The minimum absolute atomic E-state index is 0.00768. The van der Waals surface area contributed by atoms with Gasteiger partial charge < -0.3 is 10.4 Å². The zero-order chi connectivity index (χ0) is 19.8. The highest BCUT2D eigenvalue weighted by Gasteiger charge is 2.22. The summed E-state index contributed by atoms with van der Waals surface area (Å²) in [6.07, 6.45) is 0. The van der Waals surface area contributed by atoms with E-state index in [9.17, 15) is 14.7 Å². The molecule has 0 fully saturated rings. The molecule has 0 saturated carbocycles. The largest absolute Gasteiger partial charge is 0.478 e. The Bertz CT molecular complexity index is 1210. The summed E-state index contributed by atoms with van der Waals surface area (Å²) in [5.74, 6) is -1.51. The number of amides is 1. The molecule has 2 aromatic heterocycles. The second-order valence-electron chi connectivity index (χ2n) is 5.94. The molecule has 4 nitrogen and oxygen atoms in total. The van der Waals surface area contributed by atoms with E-state index in [0.29, 0.717) is 26.7 Å². The first-order valence-corrected chi connectivity index (χ1v) is 10.5. The summed E-state index contributed by atoms with van der Waals surface area (Å²) in [4.78, 5) is 24.6. The van der Waals surface area contributed by atoms with Crippen molar-refractivity contribution in [2.75, 3.05) is 5.32 Å². The van der Waals surface area contributed by atoms with Crippen LogP contribution in [-0.2, 0) is 0 Å². The Balaban J connectivity index is 1.70. The molecule has 140 valence electrons. The number of benzene rings is 2. The van der Waals surface area contributed by atoms with E-state index in [4.69, 9.17) is 23.2 Å². The van der Waals surface area contributed by atoms with Gasteiger partial charge in [-0.25, -0.2) is 4.79 Å². The Morgan fingerprint density at radius 1 is 0.964 bits per heavy atom. The Hall–Kier alpha value is -2.38. The summed E-state index contributed by atoms with van der Waals surface area (Å²) in [7, 11) is 0. The molecular weight excluding hydrogens is 437 g/mol. The molecule has 4 aromatic rings. The van der Waals surface area contributed by atoms with Crippen LogP contribution in [0.3, 0.4) is 0 Å². The average molecular weight is 448 g/mol. The van der Waals surface area contributed by atoms with Gasteiger partial charge in [-0.15, -0.1) is 22.7 Å². The quantitative estimate of drug-likeness (QED) is 0.357. The molecule has 4 rings (SSSR count). The lowest BCUT2D eigenvalue weighted by Gasteiger charge is -2.07. The summed E-state index contributed by atoms with van der Waals surface area (Å²) < 4.78 is 1.08. The molecule has 0 spiro atoms. The number of carbonyl (C=O) groups excluding carboxylic acids is 1. The molecule has 1 amide bonds. The number of carboxylic acid groups (broad SMARTS) is 1. The fraction of sp³-hybridized carbons (Fsp3) is 0. The van der Waals surface area contributed by atoms with Crippen molar-refractivity contribution < 1.29 is 14.7 Å². The summed E-state index contributed by atoms with van der Waals surface area (Å²) in [5.41, 5.74) is 1.49. The van der Waals surface area contributed by atoms with Crippen LogP contribution in [0.4, 0.5) is 5.00 Å².